The van der Waals surface area contributed by atoms with Crippen molar-refractivity contribution in [1.82, 2.24) is 13.9 Å². The lowest BCUT2D eigenvalue weighted by Gasteiger charge is -2.21. The minimum absolute atomic E-state index is 0.0518. The van der Waals surface area contributed by atoms with Crippen molar-refractivity contribution in [3.8, 4) is 5.69 Å². The molecule has 2 aromatic rings. The van der Waals surface area contributed by atoms with E-state index in [4.69, 9.17) is 5.21 Å². The number of aromatic nitrogens is 3. The van der Waals surface area contributed by atoms with Gasteiger partial charge in [0, 0.05) is 12.8 Å². The molecule has 0 aliphatic rings. The molecule has 0 radical (unpaired) electrons. The highest BCUT2D eigenvalue weighted by atomic mass is 16.8. The maximum atomic E-state index is 12.5. The van der Waals surface area contributed by atoms with Crippen LogP contribution in [0, 0.1) is 5.21 Å². The van der Waals surface area contributed by atoms with Crippen LogP contribution in [0.2, 0.25) is 0 Å². The zero-order valence-electron chi connectivity index (χ0n) is 13.0. The summed E-state index contributed by atoms with van der Waals surface area (Å²) < 4.78 is 1.67. The standard InChI is InChI=1S/C14H15N4O6/c1-3-11(19)16-13(21)15(14(22)17(16)12(20)4-2)9-5-7-10(8-6-9)18(23)24/h5-8,23H,3-4H2,1-2H3/q-1. The molecule has 128 valence electrons. The van der Waals surface area contributed by atoms with Gasteiger partial charge < -0.3 is 10.4 Å². The number of carbonyl (C=O) groups is 2. The highest BCUT2D eigenvalue weighted by Crippen LogP contribution is 2.13. The van der Waals surface area contributed by atoms with Gasteiger partial charge in [0.05, 0.1) is 11.4 Å². The highest BCUT2D eigenvalue weighted by molar-refractivity contribution is 5.83. The fraction of sp³-hybridized carbons (Fsp3) is 0.286. The molecule has 0 saturated heterocycles. The normalized spacial score (nSPS) is 10.7. The molecule has 0 fully saturated rings. The number of hydrogen-bond acceptors (Lipinski definition) is 7. The fourth-order valence-corrected chi connectivity index (χ4v) is 2.13. The summed E-state index contributed by atoms with van der Waals surface area (Å²) in [6, 6.07) is 4.83. The van der Waals surface area contributed by atoms with E-state index in [0.717, 1.165) is 0 Å². The second-order valence-corrected chi connectivity index (χ2v) is 4.81. The van der Waals surface area contributed by atoms with Gasteiger partial charge >= 0.3 is 11.4 Å². The van der Waals surface area contributed by atoms with Gasteiger partial charge in [0.1, 0.15) is 0 Å². The van der Waals surface area contributed by atoms with Crippen molar-refractivity contribution in [3.05, 3.63) is 50.4 Å². The molecule has 1 aromatic carbocycles. The van der Waals surface area contributed by atoms with Crippen molar-refractivity contribution in [2.24, 2.45) is 0 Å². The Bertz CT molecular complexity index is 840. The Balaban J connectivity index is 2.74. The van der Waals surface area contributed by atoms with Gasteiger partial charge in [-0.05, 0) is 24.3 Å². The van der Waals surface area contributed by atoms with Gasteiger partial charge in [-0.15, -0.1) is 0 Å². The van der Waals surface area contributed by atoms with E-state index in [1.165, 1.54) is 38.1 Å². The van der Waals surface area contributed by atoms with Gasteiger partial charge in [-0.1, -0.05) is 13.8 Å². The maximum absolute atomic E-state index is 12.5. The van der Waals surface area contributed by atoms with Crippen molar-refractivity contribution in [2.45, 2.75) is 26.7 Å². The topological polar surface area (TPSA) is 130 Å². The smallest absolute Gasteiger partial charge is 0.359 e. The largest absolute Gasteiger partial charge is 0.733 e. The van der Waals surface area contributed by atoms with Crippen molar-refractivity contribution in [2.75, 3.05) is 5.23 Å². The number of rotatable bonds is 4. The Morgan fingerprint density at radius 2 is 1.42 bits per heavy atom. The first-order valence-corrected chi connectivity index (χ1v) is 7.13. The fourth-order valence-electron chi connectivity index (χ4n) is 2.13. The molecular formula is C14H15N4O6-. The van der Waals surface area contributed by atoms with Gasteiger partial charge in [-0.25, -0.2) is 14.2 Å². The lowest BCUT2D eigenvalue weighted by Crippen LogP contribution is -2.35. The second-order valence-electron chi connectivity index (χ2n) is 4.81. The first-order valence-electron chi connectivity index (χ1n) is 7.13. The third-order valence-corrected chi connectivity index (χ3v) is 3.35. The molecule has 1 heterocycles. The number of anilines is 1. The van der Waals surface area contributed by atoms with E-state index < -0.39 is 23.2 Å². The van der Waals surface area contributed by atoms with Crippen LogP contribution in [0.3, 0.4) is 0 Å². The second kappa shape index (κ2) is 6.64. The van der Waals surface area contributed by atoms with Gasteiger partial charge in [-0.2, -0.15) is 9.36 Å². The van der Waals surface area contributed by atoms with E-state index in [-0.39, 0.29) is 29.4 Å². The molecule has 10 nitrogen and oxygen atoms in total. The average molecular weight is 335 g/mol. The molecular weight excluding hydrogens is 320 g/mol. The molecule has 0 atom stereocenters. The van der Waals surface area contributed by atoms with Crippen LogP contribution in [-0.4, -0.2) is 31.0 Å². The van der Waals surface area contributed by atoms with Crippen LogP contribution in [-0.2, 0) is 0 Å². The van der Waals surface area contributed by atoms with Crippen LogP contribution in [0.25, 0.3) is 5.69 Å². The molecule has 0 bridgehead atoms. The summed E-state index contributed by atoms with van der Waals surface area (Å²) >= 11 is 0. The van der Waals surface area contributed by atoms with Crippen LogP contribution in [0.15, 0.2) is 33.9 Å². The minimum Gasteiger partial charge on any atom is -0.733 e. The number of nitrogens with zero attached hydrogens (tertiary/aromatic N) is 4. The molecule has 0 spiro atoms. The summed E-state index contributed by atoms with van der Waals surface area (Å²) in [7, 11) is 0. The molecule has 0 unspecified atom stereocenters. The molecule has 10 heteroatoms. The molecule has 1 aromatic heterocycles. The zero-order chi connectivity index (χ0) is 18.0. The van der Waals surface area contributed by atoms with E-state index in [9.17, 15) is 24.4 Å². The Morgan fingerprint density at radius 1 is 1.00 bits per heavy atom. The van der Waals surface area contributed by atoms with Crippen molar-refractivity contribution < 1.29 is 14.8 Å². The van der Waals surface area contributed by atoms with Gasteiger partial charge in [-0.3, -0.25) is 14.8 Å². The first kappa shape index (κ1) is 17.4. The third-order valence-electron chi connectivity index (χ3n) is 3.35. The number of hydrogen-bond donors (Lipinski definition) is 1. The van der Waals surface area contributed by atoms with Gasteiger partial charge in [0.25, 0.3) is 0 Å². The Kier molecular flexibility index (Phi) is 4.81. The lowest BCUT2D eigenvalue weighted by molar-refractivity contribution is 0.0783. The summed E-state index contributed by atoms with van der Waals surface area (Å²) in [5, 5.41) is 19.2. The van der Waals surface area contributed by atoms with Crippen molar-refractivity contribution >= 4 is 17.5 Å². The average Bonchev–Trinajstić information content (AvgIpc) is 2.84. The van der Waals surface area contributed by atoms with Crippen LogP contribution >= 0.6 is 0 Å². The Morgan fingerprint density at radius 3 is 1.75 bits per heavy atom. The van der Waals surface area contributed by atoms with Crippen molar-refractivity contribution in [3.63, 3.8) is 0 Å². The molecule has 0 aliphatic carbocycles. The van der Waals surface area contributed by atoms with Gasteiger partial charge in [0.15, 0.2) is 0 Å². The molecule has 24 heavy (non-hydrogen) atoms. The quantitative estimate of drug-likeness (QED) is 0.809. The summed E-state index contributed by atoms with van der Waals surface area (Å²) in [5.74, 6) is -1.40. The number of benzene rings is 1. The molecule has 0 amide bonds. The predicted octanol–water partition coefficient (Wildman–Crippen LogP) is 0.595. The monoisotopic (exact) mass is 335 g/mol. The summed E-state index contributed by atoms with van der Waals surface area (Å²) in [4.78, 5) is 48.9. The summed E-state index contributed by atoms with van der Waals surface area (Å²) in [5.41, 5.74) is -2.02. The van der Waals surface area contributed by atoms with E-state index in [1.54, 1.807) is 0 Å². The molecule has 2 rings (SSSR count). The maximum Gasteiger partial charge on any atom is 0.359 e. The van der Waals surface area contributed by atoms with Crippen molar-refractivity contribution in [1.29, 1.82) is 0 Å². The summed E-state index contributed by atoms with van der Waals surface area (Å²) in [6.07, 6.45) is -0.149. The molecule has 1 N–H and O–H groups in total. The highest BCUT2D eigenvalue weighted by Gasteiger charge is 2.24. The molecule has 0 aliphatic heterocycles. The van der Waals surface area contributed by atoms with E-state index in [1.807, 2.05) is 0 Å². The van der Waals surface area contributed by atoms with E-state index in [0.29, 0.717) is 13.9 Å². The van der Waals surface area contributed by atoms with Crippen LogP contribution in [0.4, 0.5) is 5.69 Å². The Labute approximate surface area is 135 Å². The third kappa shape index (κ3) is 2.79. The Hall–Kier alpha value is -2.98. The predicted molar refractivity (Wildman–Crippen MR) is 83.8 cm³/mol. The van der Waals surface area contributed by atoms with Gasteiger partial charge in [0.2, 0.25) is 11.8 Å². The zero-order valence-corrected chi connectivity index (χ0v) is 13.0. The first-order chi connectivity index (χ1) is 11.3. The SMILES string of the molecule is CCC(=O)n1c(=O)n(-c2ccc(N([O-])O)cc2)c(=O)n1C(=O)CC. The number of carbonyl (C=O) groups excluding carboxylic acids is 2. The van der Waals surface area contributed by atoms with E-state index >= 15 is 0 Å². The minimum atomic E-state index is -0.982. The van der Waals surface area contributed by atoms with Crippen LogP contribution < -0.4 is 16.6 Å². The van der Waals surface area contributed by atoms with E-state index in [2.05, 4.69) is 0 Å². The summed E-state index contributed by atoms with van der Waals surface area (Å²) in [6.45, 7) is 2.99. The van der Waals surface area contributed by atoms with Crippen LogP contribution in [0.5, 0.6) is 0 Å². The lowest BCUT2D eigenvalue weighted by atomic mass is 10.3. The van der Waals surface area contributed by atoms with Crippen LogP contribution in [0.1, 0.15) is 36.3 Å². The molecule has 0 saturated carbocycles.